The third kappa shape index (κ3) is 2.89. The number of aliphatic carboxylic acids is 1. The summed E-state index contributed by atoms with van der Waals surface area (Å²) in [5.41, 5.74) is 0.613. The number of carbonyl (C=O) groups is 2. The van der Waals surface area contributed by atoms with Crippen LogP contribution in [0, 0.1) is 0 Å². The number of rotatable bonds is 4. The Bertz CT molecular complexity index is 677. The quantitative estimate of drug-likeness (QED) is 0.832. The highest BCUT2D eigenvalue weighted by Crippen LogP contribution is 2.22. The van der Waals surface area contributed by atoms with Crippen LogP contribution in [0.1, 0.15) is 21.5 Å². The molecule has 5 heteroatoms. The molecule has 1 aromatic carbocycles. The van der Waals surface area contributed by atoms with Crippen molar-refractivity contribution in [2.75, 3.05) is 0 Å². The number of carboxylic acids is 2. The number of aromatic carboxylic acids is 1. The van der Waals surface area contributed by atoms with Crippen molar-refractivity contribution in [3.8, 4) is 0 Å². The van der Waals surface area contributed by atoms with E-state index >= 15 is 0 Å². The van der Waals surface area contributed by atoms with E-state index in [1.807, 2.05) is 0 Å². The van der Waals surface area contributed by atoms with Crippen molar-refractivity contribution < 1.29 is 19.8 Å². The lowest BCUT2D eigenvalue weighted by molar-refractivity contribution is -0.130. The van der Waals surface area contributed by atoms with Gasteiger partial charge in [-0.25, -0.2) is 9.59 Å². The summed E-state index contributed by atoms with van der Waals surface area (Å²) in [5, 5.41) is 18.4. The SMILES string of the molecule is O=C(O)/C(=C/c1cccnc1)c1ccccc1C(=O)O. The summed E-state index contributed by atoms with van der Waals surface area (Å²) in [6.07, 6.45) is 4.48. The Kier molecular flexibility index (Phi) is 3.91. The van der Waals surface area contributed by atoms with Crippen LogP contribution in [0.15, 0.2) is 48.8 Å². The monoisotopic (exact) mass is 269 g/mol. The van der Waals surface area contributed by atoms with E-state index in [0.29, 0.717) is 5.56 Å². The molecule has 0 saturated carbocycles. The van der Waals surface area contributed by atoms with Crippen molar-refractivity contribution in [3.63, 3.8) is 0 Å². The minimum atomic E-state index is -1.19. The molecule has 0 aliphatic carbocycles. The van der Waals surface area contributed by atoms with Crippen LogP contribution in [-0.4, -0.2) is 27.1 Å². The first-order valence-electron chi connectivity index (χ1n) is 5.77. The molecule has 5 nitrogen and oxygen atoms in total. The van der Waals surface area contributed by atoms with Crippen LogP contribution in [0.3, 0.4) is 0 Å². The minimum absolute atomic E-state index is 0.0509. The van der Waals surface area contributed by atoms with Crippen LogP contribution in [-0.2, 0) is 4.79 Å². The largest absolute Gasteiger partial charge is 0.478 e. The average molecular weight is 269 g/mol. The van der Waals surface area contributed by atoms with Crippen LogP contribution < -0.4 is 0 Å². The summed E-state index contributed by atoms with van der Waals surface area (Å²) in [5.74, 6) is -2.36. The van der Waals surface area contributed by atoms with Gasteiger partial charge >= 0.3 is 11.9 Å². The summed E-state index contributed by atoms with van der Waals surface area (Å²) in [6, 6.07) is 9.36. The predicted molar refractivity (Wildman–Crippen MR) is 73.1 cm³/mol. The van der Waals surface area contributed by atoms with E-state index in [4.69, 9.17) is 5.11 Å². The molecule has 0 radical (unpaired) electrons. The second kappa shape index (κ2) is 5.79. The highest BCUT2D eigenvalue weighted by Gasteiger charge is 2.17. The number of hydrogen-bond acceptors (Lipinski definition) is 3. The Balaban J connectivity index is 2.59. The maximum atomic E-state index is 11.4. The van der Waals surface area contributed by atoms with Gasteiger partial charge < -0.3 is 10.2 Å². The summed E-state index contributed by atoms with van der Waals surface area (Å²) < 4.78 is 0. The van der Waals surface area contributed by atoms with E-state index in [9.17, 15) is 14.7 Å². The van der Waals surface area contributed by atoms with Gasteiger partial charge in [-0.15, -0.1) is 0 Å². The molecule has 1 heterocycles. The van der Waals surface area contributed by atoms with Gasteiger partial charge in [0.05, 0.1) is 11.1 Å². The highest BCUT2D eigenvalue weighted by molar-refractivity contribution is 6.22. The topological polar surface area (TPSA) is 87.5 Å². The van der Waals surface area contributed by atoms with E-state index in [-0.39, 0.29) is 16.7 Å². The zero-order valence-electron chi connectivity index (χ0n) is 10.4. The third-order valence-electron chi connectivity index (χ3n) is 2.67. The Morgan fingerprint density at radius 3 is 2.25 bits per heavy atom. The first-order valence-corrected chi connectivity index (χ1v) is 5.77. The van der Waals surface area contributed by atoms with Gasteiger partial charge in [-0.2, -0.15) is 0 Å². The molecule has 0 fully saturated rings. The van der Waals surface area contributed by atoms with Gasteiger partial charge in [0.1, 0.15) is 0 Å². The number of benzene rings is 1. The van der Waals surface area contributed by atoms with Gasteiger partial charge in [0.2, 0.25) is 0 Å². The number of carboxylic acid groups (broad SMARTS) is 2. The smallest absolute Gasteiger partial charge is 0.336 e. The van der Waals surface area contributed by atoms with Gasteiger partial charge in [-0.1, -0.05) is 24.3 Å². The van der Waals surface area contributed by atoms with Crippen molar-refractivity contribution in [1.29, 1.82) is 0 Å². The number of pyridine rings is 1. The second-order valence-corrected chi connectivity index (χ2v) is 4.00. The van der Waals surface area contributed by atoms with E-state index in [1.165, 1.54) is 24.4 Å². The van der Waals surface area contributed by atoms with E-state index in [1.54, 1.807) is 30.5 Å². The number of aromatic nitrogens is 1. The lowest BCUT2D eigenvalue weighted by Crippen LogP contribution is -2.07. The molecule has 0 bridgehead atoms. The molecule has 1 aromatic heterocycles. The van der Waals surface area contributed by atoms with E-state index < -0.39 is 11.9 Å². The van der Waals surface area contributed by atoms with E-state index in [0.717, 1.165) is 0 Å². The summed E-state index contributed by atoms with van der Waals surface area (Å²) in [7, 11) is 0. The maximum absolute atomic E-state index is 11.4. The molecule has 0 amide bonds. The molecule has 0 atom stereocenters. The Morgan fingerprint density at radius 2 is 1.70 bits per heavy atom. The van der Waals surface area contributed by atoms with Crippen LogP contribution in [0.4, 0.5) is 0 Å². The minimum Gasteiger partial charge on any atom is -0.478 e. The molecule has 0 unspecified atom stereocenters. The van der Waals surface area contributed by atoms with E-state index in [2.05, 4.69) is 4.98 Å². The summed E-state index contributed by atoms with van der Waals surface area (Å²) in [4.78, 5) is 26.5. The Labute approximate surface area is 114 Å². The standard InChI is InChI=1S/C15H11NO4/c17-14(18)12-6-2-1-5-11(12)13(15(19)20)8-10-4-3-7-16-9-10/h1-9H,(H,17,18)(H,19,20)/b13-8+. The van der Waals surface area contributed by atoms with Crippen molar-refractivity contribution >= 4 is 23.6 Å². The number of nitrogens with zero attached hydrogens (tertiary/aromatic N) is 1. The van der Waals surface area contributed by atoms with Crippen LogP contribution in [0.5, 0.6) is 0 Å². The zero-order chi connectivity index (χ0) is 14.5. The first-order chi connectivity index (χ1) is 9.59. The fraction of sp³-hybridized carbons (Fsp3) is 0. The fourth-order valence-corrected chi connectivity index (χ4v) is 1.79. The molecular formula is C15H11NO4. The molecular weight excluding hydrogens is 258 g/mol. The van der Waals surface area contributed by atoms with Crippen LogP contribution in [0.25, 0.3) is 11.6 Å². The lowest BCUT2D eigenvalue weighted by atomic mass is 9.98. The molecule has 0 aliphatic heterocycles. The van der Waals surface area contributed by atoms with Gasteiger partial charge in [0.25, 0.3) is 0 Å². The predicted octanol–water partition coefficient (Wildman–Crippen LogP) is 2.40. The normalized spacial score (nSPS) is 11.1. The van der Waals surface area contributed by atoms with Gasteiger partial charge in [-0.05, 0) is 23.8 Å². The molecule has 0 saturated heterocycles. The maximum Gasteiger partial charge on any atom is 0.336 e. The van der Waals surface area contributed by atoms with Crippen molar-refractivity contribution in [1.82, 2.24) is 4.98 Å². The summed E-state index contributed by atoms with van der Waals surface area (Å²) in [6.45, 7) is 0. The molecule has 2 N–H and O–H groups in total. The van der Waals surface area contributed by atoms with Crippen molar-refractivity contribution in [3.05, 3.63) is 65.5 Å². The van der Waals surface area contributed by atoms with Crippen molar-refractivity contribution in [2.45, 2.75) is 0 Å². The third-order valence-corrected chi connectivity index (χ3v) is 2.67. The zero-order valence-corrected chi connectivity index (χ0v) is 10.4. The van der Waals surface area contributed by atoms with Crippen LogP contribution >= 0.6 is 0 Å². The van der Waals surface area contributed by atoms with Crippen LogP contribution in [0.2, 0.25) is 0 Å². The lowest BCUT2D eigenvalue weighted by Gasteiger charge is -2.07. The number of hydrogen-bond donors (Lipinski definition) is 2. The Hall–Kier alpha value is -2.95. The molecule has 0 spiro atoms. The highest BCUT2D eigenvalue weighted by atomic mass is 16.4. The molecule has 2 aromatic rings. The molecule has 100 valence electrons. The molecule has 20 heavy (non-hydrogen) atoms. The van der Waals surface area contributed by atoms with Gasteiger partial charge in [0, 0.05) is 18.0 Å². The Morgan fingerprint density at radius 1 is 1.00 bits per heavy atom. The van der Waals surface area contributed by atoms with Crippen molar-refractivity contribution in [2.24, 2.45) is 0 Å². The molecule has 0 aliphatic rings. The van der Waals surface area contributed by atoms with Gasteiger partial charge in [-0.3, -0.25) is 4.98 Å². The van der Waals surface area contributed by atoms with Gasteiger partial charge in [0.15, 0.2) is 0 Å². The molecule has 2 rings (SSSR count). The average Bonchev–Trinajstić information content (AvgIpc) is 2.45. The fourth-order valence-electron chi connectivity index (χ4n) is 1.79. The second-order valence-electron chi connectivity index (χ2n) is 4.00. The first kappa shape index (κ1) is 13.5. The summed E-state index contributed by atoms with van der Waals surface area (Å²) >= 11 is 0.